The Morgan fingerprint density at radius 3 is 2.66 bits per heavy atom. The van der Waals surface area contributed by atoms with Crippen molar-refractivity contribution in [1.82, 2.24) is 14.8 Å². The minimum absolute atomic E-state index is 0.165. The van der Waals surface area contributed by atoms with Crippen molar-refractivity contribution in [3.8, 4) is 10.7 Å². The summed E-state index contributed by atoms with van der Waals surface area (Å²) in [7, 11) is 0. The molecule has 32 heavy (non-hydrogen) atoms. The van der Waals surface area contributed by atoms with E-state index in [0.29, 0.717) is 17.3 Å². The second-order valence-electron chi connectivity index (χ2n) is 7.62. The molecular weight excluding hydrogens is 533 g/mol. The molecule has 0 saturated heterocycles. The molecule has 8 heteroatoms. The van der Waals surface area contributed by atoms with Gasteiger partial charge in [-0.1, -0.05) is 35.9 Å². The van der Waals surface area contributed by atoms with Crippen LogP contribution in [0.3, 0.4) is 0 Å². The third kappa shape index (κ3) is 3.95. The molecule has 5 rings (SSSR count). The third-order valence-corrected chi connectivity index (χ3v) is 6.88. The van der Waals surface area contributed by atoms with Crippen molar-refractivity contribution in [2.45, 2.75) is 19.9 Å². The summed E-state index contributed by atoms with van der Waals surface area (Å²) in [4.78, 5) is 19.2. The molecule has 2 N–H and O–H groups in total. The number of thiophene rings is 1. The Kier molecular flexibility index (Phi) is 5.56. The number of hydrogen-bond acceptors (Lipinski definition) is 5. The standard InChI is InChI=1S/C24H20IN5OS/c1-14-5-3-6-16(13-14)21-20(23(31)27-18-10-8-17(25)9-11-18)15(2)26-24-28-22(29-30(21)24)19-7-4-12-32-19/h3-13,21H,1-2H3,(H,27,31)(H,26,28,29). The number of anilines is 2. The van der Waals surface area contributed by atoms with E-state index in [2.05, 4.69) is 39.3 Å². The summed E-state index contributed by atoms with van der Waals surface area (Å²) in [6, 6.07) is 19.5. The van der Waals surface area contributed by atoms with E-state index in [1.54, 1.807) is 11.3 Å². The lowest BCUT2D eigenvalue weighted by atomic mass is 9.94. The van der Waals surface area contributed by atoms with E-state index in [0.717, 1.165) is 31.0 Å². The molecule has 0 spiro atoms. The first kappa shape index (κ1) is 20.9. The van der Waals surface area contributed by atoms with Gasteiger partial charge < -0.3 is 10.6 Å². The lowest BCUT2D eigenvalue weighted by Gasteiger charge is -2.29. The van der Waals surface area contributed by atoms with Gasteiger partial charge in [0.1, 0.15) is 6.04 Å². The fraction of sp³-hybridized carbons (Fsp3) is 0.125. The van der Waals surface area contributed by atoms with Gasteiger partial charge in [0.25, 0.3) is 5.91 Å². The van der Waals surface area contributed by atoms with Crippen LogP contribution in [0.4, 0.5) is 11.6 Å². The van der Waals surface area contributed by atoms with Crippen molar-refractivity contribution in [2.75, 3.05) is 10.6 Å². The zero-order valence-corrected chi connectivity index (χ0v) is 20.4. The molecule has 1 aliphatic rings. The molecule has 0 bridgehead atoms. The van der Waals surface area contributed by atoms with Crippen LogP contribution in [0.15, 0.2) is 77.3 Å². The zero-order valence-electron chi connectivity index (χ0n) is 17.5. The number of benzene rings is 2. The van der Waals surface area contributed by atoms with Crippen molar-refractivity contribution in [2.24, 2.45) is 0 Å². The Hall–Kier alpha value is -2.98. The van der Waals surface area contributed by atoms with E-state index in [1.165, 1.54) is 0 Å². The van der Waals surface area contributed by atoms with Crippen LogP contribution in [0.1, 0.15) is 24.1 Å². The maximum atomic E-state index is 13.5. The number of fused-ring (bicyclic) bond motifs is 1. The van der Waals surface area contributed by atoms with E-state index in [-0.39, 0.29) is 5.91 Å². The predicted molar refractivity (Wildman–Crippen MR) is 137 cm³/mol. The molecule has 160 valence electrons. The average molecular weight is 553 g/mol. The number of carbonyl (C=O) groups is 1. The van der Waals surface area contributed by atoms with Crippen LogP contribution in [-0.4, -0.2) is 20.7 Å². The smallest absolute Gasteiger partial charge is 0.255 e. The number of allylic oxidation sites excluding steroid dienone is 1. The van der Waals surface area contributed by atoms with Crippen LogP contribution in [0.5, 0.6) is 0 Å². The molecule has 1 atom stereocenters. The predicted octanol–water partition coefficient (Wildman–Crippen LogP) is 5.85. The summed E-state index contributed by atoms with van der Waals surface area (Å²) >= 11 is 3.84. The van der Waals surface area contributed by atoms with Crippen molar-refractivity contribution in [3.05, 3.63) is 92.0 Å². The molecule has 2 aromatic carbocycles. The highest BCUT2D eigenvalue weighted by Crippen LogP contribution is 2.37. The summed E-state index contributed by atoms with van der Waals surface area (Å²) in [5.74, 6) is 1.11. The number of nitrogens with one attached hydrogen (secondary N) is 2. The van der Waals surface area contributed by atoms with Crippen molar-refractivity contribution >= 4 is 51.5 Å². The Labute approximate surface area is 203 Å². The van der Waals surface area contributed by atoms with Gasteiger partial charge in [0.05, 0.1) is 10.5 Å². The number of halogens is 1. The van der Waals surface area contributed by atoms with E-state index in [4.69, 9.17) is 10.1 Å². The first-order chi connectivity index (χ1) is 15.5. The van der Waals surface area contributed by atoms with Crippen LogP contribution < -0.4 is 10.6 Å². The molecule has 1 amide bonds. The van der Waals surface area contributed by atoms with Crippen molar-refractivity contribution in [3.63, 3.8) is 0 Å². The minimum atomic E-state index is -0.392. The number of hydrogen-bond donors (Lipinski definition) is 2. The molecule has 6 nitrogen and oxygen atoms in total. The summed E-state index contributed by atoms with van der Waals surface area (Å²) in [5, 5.41) is 13.2. The van der Waals surface area contributed by atoms with Crippen molar-refractivity contribution in [1.29, 1.82) is 0 Å². The molecule has 0 radical (unpaired) electrons. The molecular formula is C24H20IN5OS. The van der Waals surface area contributed by atoms with Gasteiger partial charge in [-0.05, 0) is 77.7 Å². The van der Waals surface area contributed by atoms with Crippen LogP contribution in [0.25, 0.3) is 10.7 Å². The molecule has 0 fully saturated rings. The van der Waals surface area contributed by atoms with Gasteiger partial charge in [0.2, 0.25) is 5.95 Å². The van der Waals surface area contributed by atoms with Crippen LogP contribution in [-0.2, 0) is 4.79 Å². The van der Waals surface area contributed by atoms with E-state index in [1.807, 2.05) is 78.5 Å². The lowest BCUT2D eigenvalue weighted by Crippen LogP contribution is -2.31. The van der Waals surface area contributed by atoms with Crippen LogP contribution >= 0.6 is 33.9 Å². The fourth-order valence-corrected chi connectivity index (χ4v) is 4.85. The molecule has 1 aliphatic heterocycles. The molecule has 2 aromatic heterocycles. The summed E-state index contributed by atoms with van der Waals surface area (Å²) in [6.07, 6.45) is 0. The van der Waals surface area contributed by atoms with Gasteiger partial charge in [-0.15, -0.1) is 16.4 Å². The quantitative estimate of drug-likeness (QED) is 0.311. The Morgan fingerprint density at radius 2 is 1.94 bits per heavy atom. The van der Waals surface area contributed by atoms with Gasteiger partial charge in [-0.3, -0.25) is 4.79 Å². The van der Waals surface area contributed by atoms with E-state index >= 15 is 0 Å². The minimum Gasteiger partial charge on any atom is -0.328 e. The summed E-state index contributed by atoms with van der Waals surface area (Å²) in [6.45, 7) is 3.96. The first-order valence-corrected chi connectivity index (χ1v) is 12.1. The molecule has 1 unspecified atom stereocenters. The zero-order chi connectivity index (χ0) is 22.2. The highest BCUT2D eigenvalue weighted by Gasteiger charge is 2.34. The summed E-state index contributed by atoms with van der Waals surface area (Å²) in [5.41, 5.74) is 4.24. The largest absolute Gasteiger partial charge is 0.328 e. The van der Waals surface area contributed by atoms with Gasteiger partial charge in [0, 0.05) is 15.0 Å². The van der Waals surface area contributed by atoms with E-state index < -0.39 is 6.04 Å². The number of rotatable bonds is 4. The van der Waals surface area contributed by atoms with Gasteiger partial charge in [-0.25, -0.2) is 4.68 Å². The third-order valence-electron chi connectivity index (χ3n) is 5.30. The maximum absolute atomic E-state index is 13.5. The average Bonchev–Trinajstić information content (AvgIpc) is 3.44. The number of nitrogens with zero attached hydrogens (tertiary/aromatic N) is 3. The lowest BCUT2D eigenvalue weighted by molar-refractivity contribution is -0.113. The first-order valence-electron chi connectivity index (χ1n) is 10.1. The van der Waals surface area contributed by atoms with Crippen LogP contribution in [0, 0.1) is 10.5 Å². The number of aryl methyl sites for hydroxylation is 1. The molecule has 0 saturated carbocycles. The van der Waals surface area contributed by atoms with Gasteiger partial charge in [-0.2, -0.15) is 4.98 Å². The number of carbonyl (C=O) groups excluding carboxylic acids is 1. The summed E-state index contributed by atoms with van der Waals surface area (Å²) < 4.78 is 2.93. The second kappa shape index (κ2) is 8.51. The monoisotopic (exact) mass is 553 g/mol. The highest BCUT2D eigenvalue weighted by molar-refractivity contribution is 14.1. The molecule has 4 aromatic rings. The topological polar surface area (TPSA) is 71.8 Å². The molecule has 0 aliphatic carbocycles. The Bertz CT molecular complexity index is 1320. The normalized spacial score (nSPS) is 15.3. The van der Waals surface area contributed by atoms with E-state index in [9.17, 15) is 4.79 Å². The Balaban J connectivity index is 1.60. The maximum Gasteiger partial charge on any atom is 0.255 e. The van der Waals surface area contributed by atoms with Gasteiger partial charge in [0.15, 0.2) is 5.82 Å². The molecule has 3 heterocycles. The van der Waals surface area contributed by atoms with Gasteiger partial charge >= 0.3 is 0 Å². The Morgan fingerprint density at radius 1 is 1.12 bits per heavy atom. The van der Waals surface area contributed by atoms with Crippen LogP contribution in [0.2, 0.25) is 0 Å². The second-order valence-corrected chi connectivity index (χ2v) is 9.82. The van der Waals surface area contributed by atoms with Crippen molar-refractivity contribution < 1.29 is 4.79 Å². The SMILES string of the molecule is CC1=C(C(=O)Nc2ccc(I)cc2)C(c2cccc(C)c2)n2nc(-c3cccs3)nc2N1. The number of aromatic nitrogens is 3. The number of amides is 1. The fourth-order valence-electron chi connectivity index (χ4n) is 3.84. The highest BCUT2D eigenvalue weighted by atomic mass is 127.